The molecular weight excluding hydrogens is 267 g/mol. The van der Waals surface area contributed by atoms with Gasteiger partial charge in [0.2, 0.25) is 0 Å². The molecule has 0 amide bonds. The van der Waals surface area contributed by atoms with E-state index in [1.54, 1.807) is 12.3 Å². The van der Waals surface area contributed by atoms with Gasteiger partial charge >= 0.3 is 0 Å². The summed E-state index contributed by atoms with van der Waals surface area (Å²) in [5, 5.41) is 3.24. The SMILES string of the molecule is CCCNCc1ccnc(N(CC)C(C)CN(C)C)c1F. The summed E-state index contributed by atoms with van der Waals surface area (Å²) >= 11 is 0. The van der Waals surface area contributed by atoms with E-state index in [0.717, 1.165) is 26.1 Å². The Morgan fingerprint density at radius 1 is 1.33 bits per heavy atom. The predicted octanol–water partition coefficient (Wildman–Crippen LogP) is 2.50. The molecule has 1 aromatic rings. The second kappa shape index (κ2) is 8.95. The molecule has 1 N–H and O–H groups in total. The highest BCUT2D eigenvalue weighted by atomic mass is 19.1. The van der Waals surface area contributed by atoms with E-state index in [1.165, 1.54) is 0 Å². The van der Waals surface area contributed by atoms with Crippen molar-refractivity contribution in [2.24, 2.45) is 0 Å². The fraction of sp³-hybridized carbons (Fsp3) is 0.688. The molecule has 0 saturated carbocycles. The first kappa shape index (κ1) is 17.9. The van der Waals surface area contributed by atoms with E-state index in [2.05, 4.69) is 29.0 Å². The zero-order valence-electron chi connectivity index (χ0n) is 14.0. The van der Waals surface area contributed by atoms with Gasteiger partial charge in [0, 0.05) is 37.4 Å². The van der Waals surface area contributed by atoms with Crippen molar-refractivity contribution >= 4 is 5.82 Å². The topological polar surface area (TPSA) is 31.4 Å². The number of nitrogens with one attached hydrogen (secondary N) is 1. The lowest BCUT2D eigenvalue weighted by atomic mass is 10.2. The maximum Gasteiger partial charge on any atom is 0.170 e. The van der Waals surface area contributed by atoms with E-state index in [1.807, 2.05) is 25.9 Å². The first-order chi connectivity index (χ1) is 10.0. The van der Waals surface area contributed by atoms with Crippen molar-refractivity contribution in [2.45, 2.75) is 39.8 Å². The fourth-order valence-electron chi connectivity index (χ4n) is 2.51. The van der Waals surface area contributed by atoms with Crippen molar-refractivity contribution in [1.29, 1.82) is 0 Å². The minimum absolute atomic E-state index is 0.200. The molecule has 21 heavy (non-hydrogen) atoms. The molecule has 5 heteroatoms. The Kier molecular flexibility index (Phi) is 7.61. The summed E-state index contributed by atoms with van der Waals surface area (Å²) in [6.45, 7) is 9.30. The summed E-state index contributed by atoms with van der Waals surface area (Å²) in [4.78, 5) is 8.41. The third-order valence-corrected chi connectivity index (χ3v) is 3.47. The van der Waals surface area contributed by atoms with Gasteiger partial charge < -0.3 is 15.1 Å². The molecular formula is C16H29FN4. The summed E-state index contributed by atoms with van der Waals surface area (Å²) in [5.74, 6) is 0.260. The largest absolute Gasteiger partial charge is 0.350 e. The molecule has 0 spiro atoms. The molecule has 120 valence electrons. The fourth-order valence-corrected chi connectivity index (χ4v) is 2.51. The van der Waals surface area contributed by atoms with Gasteiger partial charge in [-0.3, -0.25) is 0 Å². The number of pyridine rings is 1. The van der Waals surface area contributed by atoms with Crippen LogP contribution >= 0.6 is 0 Å². The number of anilines is 1. The molecule has 1 atom stereocenters. The summed E-state index contributed by atoms with van der Waals surface area (Å²) < 4.78 is 14.7. The van der Waals surface area contributed by atoms with Crippen molar-refractivity contribution in [3.63, 3.8) is 0 Å². The van der Waals surface area contributed by atoms with Crippen LogP contribution in [-0.4, -0.2) is 49.7 Å². The molecule has 1 aromatic heterocycles. The lowest BCUT2D eigenvalue weighted by molar-refractivity contribution is 0.370. The van der Waals surface area contributed by atoms with Crippen molar-refractivity contribution in [3.05, 3.63) is 23.6 Å². The molecule has 1 unspecified atom stereocenters. The second-order valence-electron chi connectivity index (χ2n) is 5.68. The second-order valence-corrected chi connectivity index (χ2v) is 5.68. The zero-order chi connectivity index (χ0) is 15.8. The zero-order valence-corrected chi connectivity index (χ0v) is 14.0. The standard InChI is InChI=1S/C16H29FN4/c1-6-9-18-11-14-8-10-19-16(15(14)17)21(7-2)13(3)12-20(4)5/h8,10,13,18H,6-7,9,11-12H2,1-5H3. The molecule has 0 aliphatic carbocycles. The highest BCUT2D eigenvalue weighted by molar-refractivity contribution is 5.44. The Hall–Kier alpha value is -1.20. The number of nitrogens with zero attached hydrogens (tertiary/aromatic N) is 3. The van der Waals surface area contributed by atoms with E-state index in [-0.39, 0.29) is 11.9 Å². The summed E-state index contributed by atoms with van der Waals surface area (Å²) in [5.41, 5.74) is 0.684. The lowest BCUT2D eigenvalue weighted by Crippen LogP contribution is -2.41. The molecule has 1 heterocycles. The molecule has 0 fully saturated rings. The van der Waals surface area contributed by atoms with Gasteiger partial charge in [0.25, 0.3) is 0 Å². The summed E-state index contributed by atoms with van der Waals surface area (Å²) in [6.07, 6.45) is 2.74. The van der Waals surface area contributed by atoms with Crippen LogP contribution in [0.4, 0.5) is 10.2 Å². The lowest BCUT2D eigenvalue weighted by Gasteiger charge is -2.31. The van der Waals surface area contributed by atoms with Gasteiger partial charge in [-0.15, -0.1) is 0 Å². The molecule has 0 aromatic carbocycles. The van der Waals surface area contributed by atoms with Crippen LogP contribution in [0.25, 0.3) is 0 Å². The van der Waals surface area contributed by atoms with E-state index in [4.69, 9.17) is 0 Å². The molecule has 4 nitrogen and oxygen atoms in total. The highest BCUT2D eigenvalue weighted by Gasteiger charge is 2.20. The van der Waals surface area contributed by atoms with Crippen LogP contribution in [0.3, 0.4) is 0 Å². The van der Waals surface area contributed by atoms with Gasteiger partial charge in [-0.25, -0.2) is 9.37 Å². The average molecular weight is 296 g/mol. The Bertz CT molecular complexity index is 423. The van der Waals surface area contributed by atoms with Gasteiger partial charge in [0.1, 0.15) is 0 Å². The summed E-state index contributed by atoms with van der Waals surface area (Å²) in [6, 6.07) is 1.97. The van der Waals surface area contributed by atoms with Crippen LogP contribution < -0.4 is 10.2 Å². The average Bonchev–Trinajstić information content (AvgIpc) is 2.42. The highest BCUT2D eigenvalue weighted by Crippen LogP contribution is 2.21. The molecule has 1 rings (SSSR count). The summed E-state index contributed by atoms with van der Waals surface area (Å²) in [7, 11) is 4.05. The van der Waals surface area contributed by atoms with E-state index >= 15 is 0 Å². The van der Waals surface area contributed by atoms with Crippen LogP contribution in [0.15, 0.2) is 12.3 Å². The number of hydrogen-bond donors (Lipinski definition) is 1. The van der Waals surface area contributed by atoms with Crippen molar-refractivity contribution < 1.29 is 4.39 Å². The molecule has 0 saturated heterocycles. The first-order valence-corrected chi connectivity index (χ1v) is 7.76. The van der Waals surface area contributed by atoms with Gasteiger partial charge in [0.15, 0.2) is 11.6 Å². The first-order valence-electron chi connectivity index (χ1n) is 7.76. The van der Waals surface area contributed by atoms with E-state index in [0.29, 0.717) is 17.9 Å². The minimum Gasteiger partial charge on any atom is -0.350 e. The van der Waals surface area contributed by atoms with E-state index < -0.39 is 0 Å². The minimum atomic E-state index is -0.200. The maximum absolute atomic E-state index is 14.7. The normalized spacial score (nSPS) is 12.7. The molecule has 0 aliphatic heterocycles. The molecule has 0 radical (unpaired) electrons. The van der Waals surface area contributed by atoms with Crippen molar-refractivity contribution in [2.75, 3.05) is 38.6 Å². The van der Waals surface area contributed by atoms with Crippen molar-refractivity contribution in [1.82, 2.24) is 15.2 Å². The quantitative estimate of drug-likeness (QED) is 0.710. The van der Waals surface area contributed by atoms with Gasteiger partial charge in [0.05, 0.1) is 0 Å². The number of hydrogen-bond acceptors (Lipinski definition) is 4. The van der Waals surface area contributed by atoms with E-state index in [9.17, 15) is 4.39 Å². The van der Waals surface area contributed by atoms with Crippen LogP contribution in [-0.2, 0) is 6.54 Å². The number of halogens is 1. The maximum atomic E-state index is 14.7. The third-order valence-electron chi connectivity index (χ3n) is 3.47. The smallest absolute Gasteiger partial charge is 0.170 e. The predicted molar refractivity (Wildman–Crippen MR) is 87.2 cm³/mol. The molecule has 0 bridgehead atoms. The number of aromatic nitrogens is 1. The van der Waals surface area contributed by atoms with Crippen LogP contribution in [0, 0.1) is 5.82 Å². The number of rotatable bonds is 9. The Balaban J connectivity index is 2.91. The molecule has 0 aliphatic rings. The van der Waals surface area contributed by atoms with Crippen molar-refractivity contribution in [3.8, 4) is 0 Å². The van der Waals surface area contributed by atoms with Crippen LogP contribution in [0.2, 0.25) is 0 Å². The van der Waals surface area contributed by atoms with Gasteiger partial charge in [-0.05, 0) is 47.0 Å². The van der Waals surface area contributed by atoms with Gasteiger partial charge in [-0.1, -0.05) is 6.92 Å². The Morgan fingerprint density at radius 2 is 2.05 bits per heavy atom. The Morgan fingerprint density at radius 3 is 2.62 bits per heavy atom. The number of likely N-dealkylation sites (N-methyl/N-ethyl adjacent to an activating group) is 2. The Labute approximate surface area is 128 Å². The van der Waals surface area contributed by atoms with Gasteiger partial charge in [-0.2, -0.15) is 0 Å². The van der Waals surface area contributed by atoms with Crippen LogP contribution in [0.1, 0.15) is 32.8 Å². The monoisotopic (exact) mass is 296 g/mol. The third kappa shape index (κ3) is 5.25. The van der Waals surface area contributed by atoms with Crippen LogP contribution in [0.5, 0.6) is 0 Å².